The molecular formula is C19H25NO4Si. The zero-order valence-electron chi connectivity index (χ0n) is 15.4. The van der Waals surface area contributed by atoms with Crippen LogP contribution in [-0.2, 0) is 6.61 Å². The number of nitro benzene ring substituents is 1. The molecule has 0 saturated carbocycles. The van der Waals surface area contributed by atoms with E-state index in [0.717, 1.165) is 11.3 Å². The first-order valence-electron chi connectivity index (χ1n) is 8.24. The molecule has 0 radical (unpaired) electrons. The van der Waals surface area contributed by atoms with Crippen molar-refractivity contribution in [1.82, 2.24) is 0 Å². The summed E-state index contributed by atoms with van der Waals surface area (Å²) in [7, 11) is -1.91. The lowest BCUT2D eigenvalue weighted by atomic mass is 10.2. The third-order valence-corrected chi connectivity index (χ3v) is 8.87. The number of benzene rings is 2. The molecule has 0 bridgehead atoms. The van der Waals surface area contributed by atoms with E-state index in [2.05, 4.69) is 33.9 Å². The number of nitro groups is 1. The first kappa shape index (κ1) is 19.0. The first-order chi connectivity index (χ1) is 11.6. The molecule has 0 saturated heterocycles. The van der Waals surface area contributed by atoms with Gasteiger partial charge in [-0.05, 0) is 35.8 Å². The van der Waals surface area contributed by atoms with Crippen molar-refractivity contribution in [3.8, 4) is 11.5 Å². The summed E-state index contributed by atoms with van der Waals surface area (Å²) in [5.74, 6) is 1.48. The Balaban J connectivity index is 2.07. The van der Waals surface area contributed by atoms with Gasteiger partial charge in [0.1, 0.15) is 18.1 Å². The van der Waals surface area contributed by atoms with Gasteiger partial charge in [0.15, 0.2) is 0 Å². The topological polar surface area (TPSA) is 61.6 Å². The van der Waals surface area contributed by atoms with E-state index in [1.54, 1.807) is 6.07 Å². The van der Waals surface area contributed by atoms with Gasteiger partial charge >= 0.3 is 0 Å². The molecule has 2 aromatic carbocycles. The van der Waals surface area contributed by atoms with Crippen LogP contribution in [0.15, 0.2) is 48.5 Å². The van der Waals surface area contributed by atoms with Crippen LogP contribution in [0.2, 0.25) is 18.1 Å². The normalized spacial score (nSPS) is 11.9. The quantitative estimate of drug-likeness (QED) is 0.385. The molecule has 25 heavy (non-hydrogen) atoms. The summed E-state index contributed by atoms with van der Waals surface area (Å²) in [4.78, 5) is 10.4. The number of hydrogen-bond acceptors (Lipinski definition) is 4. The predicted molar refractivity (Wildman–Crippen MR) is 102 cm³/mol. The summed E-state index contributed by atoms with van der Waals surface area (Å²) >= 11 is 0. The maximum absolute atomic E-state index is 10.8. The molecule has 0 aliphatic heterocycles. The van der Waals surface area contributed by atoms with Crippen molar-refractivity contribution in [3.05, 3.63) is 64.2 Å². The maximum Gasteiger partial charge on any atom is 0.269 e. The van der Waals surface area contributed by atoms with E-state index in [4.69, 9.17) is 9.16 Å². The summed E-state index contributed by atoms with van der Waals surface area (Å²) in [6, 6.07) is 14.0. The maximum atomic E-state index is 10.8. The number of rotatable bonds is 6. The summed E-state index contributed by atoms with van der Waals surface area (Å²) < 4.78 is 12.1. The van der Waals surface area contributed by atoms with E-state index >= 15 is 0 Å². The Hall–Kier alpha value is -2.34. The van der Waals surface area contributed by atoms with Crippen LogP contribution in [0.25, 0.3) is 0 Å². The molecule has 2 rings (SSSR count). The molecule has 0 aromatic heterocycles. The van der Waals surface area contributed by atoms with Crippen LogP contribution in [0.1, 0.15) is 26.3 Å². The third-order valence-electron chi connectivity index (χ3n) is 4.51. The molecule has 0 spiro atoms. The number of non-ortho nitro benzene ring substituents is 1. The smallest absolute Gasteiger partial charge is 0.269 e. The second-order valence-corrected chi connectivity index (χ2v) is 12.3. The van der Waals surface area contributed by atoms with E-state index < -0.39 is 13.2 Å². The Morgan fingerprint density at radius 1 is 1.04 bits per heavy atom. The van der Waals surface area contributed by atoms with E-state index in [-0.39, 0.29) is 17.3 Å². The molecule has 2 aromatic rings. The zero-order valence-corrected chi connectivity index (χ0v) is 16.4. The largest absolute Gasteiger partial charge is 0.543 e. The second kappa shape index (κ2) is 7.27. The Morgan fingerprint density at radius 2 is 1.68 bits per heavy atom. The SMILES string of the molecule is CC(C)(C)[Si](C)(C)Oc1cccc(OCc2cccc([N+](=O)[O-])c2)c1. The van der Waals surface area contributed by atoms with E-state index in [1.807, 2.05) is 30.3 Å². The highest BCUT2D eigenvalue weighted by atomic mass is 28.4. The van der Waals surface area contributed by atoms with Gasteiger partial charge in [-0.25, -0.2) is 0 Å². The van der Waals surface area contributed by atoms with Crippen LogP contribution >= 0.6 is 0 Å². The lowest BCUT2D eigenvalue weighted by molar-refractivity contribution is -0.384. The fourth-order valence-corrected chi connectivity index (χ4v) is 3.02. The lowest BCUT2D eigenvalue weighted by Crippen LogP contribution is -2.43. The predicted octanol–water partition coefficient (Wildman–Crippen LogP) is 5.56. The van der Waals surface area contributed by atoms with Crippen LogP contribution in [0.4, 0.5) is 5.69 Å². The van der Waals surface area contributed by atoms with Crippen LogP contribution in [0, 0.1) is 10.1 Å². The van der Waals surface area contributed by atoms with Gasteiger partial charge in [0.05, 0.1) is 4.92 Å². The van der Waals surface area contributed by atoms with Crippen LogP contribution < -0.4 is 9.16 Å². The number of hydrogen-bond donors (Lipinski definition) is 0. The van der Waals surface area contributed by atoms with Gasteiger partial charge in [-0.2, -0.15) is 0 Å². The fourth-order valence-electron chi connectivity index (χ4n) is 2.00. The average molecular weight is 359 g/mol. The Labute approximate surface area is 149 Å². The minimum Gasteiger partial charge on any atom is -0.543 e. The highest BCUT2D eigenvalue weighted by molar-refractivity contribution is 6.74. The molecule has 0 aliphatic carbocycles. The zero-order chi connectivity index (χ0) is 18.7. The third kappa shape index (κ3) is 5.06. The van der Waals surface area contributed by atoms with Crippen LogP contribution in [0.5, 0.6) is 11.5 Å². The molecule has 0 amide bonds. The molecule has 0 N–H and O–H groups in total. The second-order valence-electron chi connectivity index (χ2n) is 7.55. The van der Waals surface area contributed by atoms with Gasteiger partial charge in [0, 0.05) is 18.2 Å². The first-order valence-corrected chi connectivity index (χ1v) is 11.1. The highest BCUT2D eigenvalue weighted by Crippen LogP contribution is 2.37. The summed E-state index contributed by atoms with van der Waals surface area (Å²) in [6.45, 7) is 11.3. The monoisotopic (exact) mass is 359 g/mol. The number of ether oxygens (including phenoxy) is 1. The van der Waals surface area contributed by atoms with E-state index in [0.29, 0.717) is 5.75 Å². The Kier molecular flexibility index (Phi) is 5.52. The van der Waals surface area contributed by atoms with Gasteiger partial charge < -0.3 is 9.16 Å². The van der Waals surface area contributed by atoms with Gasteiger partial charge in [-0.3, -0.25) is 10.1 Å². The van der Waals surface area contributed by atoms with Crippen molar-refractivity contribution < 1.29 is 14.1 Å². The fraction of sp³-hybridized carbons (Fsp3) is 0.368. The molecule has 0 atom stereocenters. The van der Waals surface area contributed by atoms with Crippen LogP contribution in [-0.4, -0.2) is 13.2 Å². The van der Waals surface area contributed by atoms with Crippen molar-refractivity contribution >= 4 is 14.0 Å². The Bertz CT molecular complexity index is 753. The van der Waals surface area contributed by atoms with Gasteiger partial charge in [-0.1, -0.05) is 39.0 Å². The standard InChI is InChI=1S/C19H25NO4Si/c1-19(2,3)25(4,5)24-18-11-7-10-17(13-18)23-14-15-8-6-9-16(12-15)20(21)22/h6-13H,14H2,1-5H3. The molecule has 0 heterocycles. The van der Waals surface area contributed by atoms with Crippen molar-refractivity contribution in [2.75, 3.05) is 0 Å². The Morgan fingerprint density at radius 3 is 2.32 bits per heavy atom. The van der Waals surface area contributed by atoms with Crippen molar-refractivity contribution in [1.29, 1.82) is 0 Å². The minimum atomic E-state index is -1.91. The summed E-state index contributed by atoms with van der Waals surface area (Å²) in [5.41, 5.74) is 0.820. The van der Waals surface area contributed by atoms with Gasteiger partial charge in [0.2, 0.25) is 8.32 Å². The molecule has 0 fully saturated rings. The van der Waals surface area contributed by atoms with Gasteiger partial charge in [0.25, 0.3) is 5.69 Å². The molecule has 0 unspecified atom stereocenters. The summed E-state index contributed by atoms with van der Waals surface area (Å²) in [5, 5.41) is 11.0. The van der Waals surface area contributed by atoms with Crippen LogP contribution in [0.3, 0.4) is 0 Å². The van der Waals surface area contributed by atoms with Crippen molar-refractivity contribution in [3.63, 3.8) is 0 Å². The van der Waals surface area contributed by atoms with Gasteiger partial charge in [-0.15, -0.1) is 0 Å². The molecular weight excluding hydrogens is 334 g/mol. The lowest BCUT2D eigenvalue weighted by Gasteiger charge is -2.36. The molecule has 6 heteroatoms. The highest BCUT2D eigenvalue weighted by Gasteiger charge is 2.38. The molecule has 5 nitrogen and oxygen atoms in total. The molecule has 0 aliphatic rings. The van der Waals surface area contributed by atoms with E-state index in [1.165, 1.54) is 12.1 Å². The molecule has 134 valence electrons. The van der Waals surface area contributed by atoms with E-state index in [9.17, 15) is 10.1 Å². The summed E-state index contributed by atoms with van der Waals surface area (Å²) in [6.07, 6.45) is 0. The average Bonchev–Trinajstić information content (AvgIpc) is 2.52. The van der Waals surface area contributed by atoms with Crippen molar-refractivity contribution in [2.24, 2.45) is 0 Å². The minimum absolute atomic E-state index is 0.0658. The van der Waals surface area contributed by atoms with Crippen molar-refractivity contribution in [2.45, 2.75) is 45.5 Å². The number of nitrogens with zero attached hydrogens (tertiary/aromatic N) is 1.